The van der Waals surface area contributed by atoms with Crippen molar-refractivity contribution >= 4 is 28.2 Å². The molecule has 0 atom stereocenters. The molecule has 0 fully saturated rings. The molecule has 7 heteroatoms. The first-order chi connectivity index (χ1) is 13.5. The van der Waals surface area contributed by atoms with Crippen molar-refractivity contribution in [2.45, 2.75) is 13.3 Å². The van der Waals surface area contributed by atoms with Crippen LogP contribution in [0.4, 0.5) is 13.8 Å². The molecule has 144 valence electrons. The van der Waals surface area contributed by atoms with Gasteiger partial charge in [0.25, 0.3) is 0 Å². The molecule has 0 unspecified atom stereocenters. The molecule has 3 rings (SSSR count). The van der Waals surface area contributed by atoms with E-state index >= 15 is 0 Å². The van der Waals surface area contributed by atoms with E-state index in [0.29, 0.717) is 21.7 Å². The number of nitrogens with one attached hydrogen (secondary N) is 1. The Morgan fingerprint density at radius 3 is 2.21 bits per heavy atom. The number of ether oxygens (including phenoxy) is 1. The molecule has 3 aromatic rings. The molecule has 0 saturated heterocycles. The van der Waals surface area contributed by atoms with Crippen LogP contribution in [0.25, 0.3) is 11.1 Å². The predicted octanol–water partition coefficient (Wildman–Crippen LogP) is 5.05. The third-order valence-corrected chi connectivity index (χ3v) is 4.85. The summed E-state index contributed by atoms with van der Waals surface area (Å²) < 4.78 is 31.3. The molecule has 2 aromatic carbocycles. The van der Waals surface area contributed by atoms with Crippen LogP contribution in [-0.4, -0.2) is 18.5 Å². The van der Waals surface area contributed by atoms with Gasteiger partial charge in [0, 0.05) is 10.9 Å². The molecule has 0 saturated carbocycles. The molecule has 0 aliphatic rings. The summed E-state index contributed by atoms with van der Waals surface area (Å²) in [5.41, 5.74) is 2.07. The SMILES string of the molecule is CCOC(=O)c1c(-c2ccc(F)cc2)csc1NC(=O)Cc1ccc(F)cc1. The molecule has 0 aliphatic carbocycles. The van der Waals surface area contributed by atoms with Crippen LogP contribution < -0.4 is 5.32 Å². The average molecular weight is 401 g/mol. The number of carbonyl (C=O) groups is 2. The molecule has 0 aliphatic heterocycles. The normalized spacial score (nSPS) is 10.5. The lowest BCUT2D eigenvalue weighted by Crippen LogP contribution is -2.16. The standard InChI is InChI=1S/C21H17F2NO3S/c1-2-27-21(26)19-17(14-5-9-16(23)10-6-14)12-28-20(19)24-18(25)11-13-3-7-15(22)8-4-13/h3-10,12H,2,11H2,1H3,(H,24,25). The number of benzene rings is 2. The van der Waals surface area contributed by atoms with E-state index in [0.717, 1.165) is 0 Å². The number of amides is 1. The van der Waals surface area contributed by atoms with Gasteiger partial charge in [-0.1, -0.05) is 24.3 Å². The van der Waals surface area contributed by atoms with E-state index in [1.165, 1.54) is 47.7 Å². The van der Waals surface area contributed by atoms with E-state index in [1.807, 2.05) is 0 Å². The van der Waals surface area contributed by atoms with Gasteiger partial charge in [-0.05, 0) is 42.3 Å². The fraction of sp³-hybridized carbons (Fsp3) is 0.143. The zero-order chi connectivity index (χ0) is 20.1. The lowest BCUT2D eigenvalue weighted by molar-refractivity contribution is -0.115. The van der Waals surface area contributed by atoms with E-state index in [-0.39, 0.29) is 36.1 Å². The number of rotatable bonds is 6. The van der Waals surface area contributed by atoms with Crippen LogP contribution in [-0.2, 0) is 16.0 Å². The molecular formula is C21H17F2NO3S. The van der Waals surface area contributed by atoms with Gasteiger partial charge in [0.05, 0.1) is 13.0 Å². The quantitative estimate of drug-likeness (QED) is 0.588. The molecular weight excluding hydrogens is 384 g/mol. The van der Waals surface area contributed by atoms with Crippen molar-refractivity contribution in [3.8, 4) is 11.1 Å². The van der Waals surface area contributed by atoms with Gasteiger partial charge in [-0.3, -0.25) is 4.79 Å². The maximum atomic E-state index is 13.2. The highest BCUT2D eigenvalue weighted by Gasteiger charge is 2.23. The predicted molar refractivity (Wildman–Crippen MR) is 104 cm³/mol. The number of carbonyl (C=O) groups excluding carboxylic acids is 2. The number of anilines is 1. The van der Waals surface area contributed by atoms with Crippen LogP contribution in [0.1, 0.15) is 22.8 Å². The van der Waals surface area contributed by atoms with Gasteiger partial charge < -0.3 is 10.1 Å². The summed E-state index contributed by atoms with van der Waals surface area (Å²) in [7, 11) is 0. The van der Waals surface area contributed by atoms with Crippen molar-refractivity contribution in [3.63, 3.8) is 0 Å². The monoisotopic (exact) mass is 401 g/mol. The van der Waals surface area contributed by atoms with E-state index in [1.54, 1.807) is 24.4 Å². The van der Waals surface area contributed by atoms with E-state index in [4.69, 9.17) is 4.74 Å². The number of thiophene rings is 1. The van der Waals surface area contributed by atoms with E-state index < -0.39 is 5.97 Å². The van der Waals surface area contributed by atoms with Crippen LogP contribution >= 0.6 is 11.3 Å². The van der Waals surface area contributed by atoms with Crippen LogP contribution in [0.15, 0.2) is 53.9 Å². The highest BCUT2D eigenvalue weighted by Crippen LogP contribution is 2.36. The lowest BCUT2D eigenvalue weighted by atomic mass is 10.0. The van der Waals surface area contributed by atoms with Crippen molar-refractivity contribution in [2.75, 3.05) is 11.9 Å². The highest BCUT2D eigenvalue weighted by atomic mass is 32.1. The summed E-state index contributed by atoms with van der Waals surface area (Å²) in [6, 6.07) is 11.3. The molecule has 0 spiro atoms. The third-order valence-electron chi connectivity index (χ3n) is 3.96. The fourth-order valence-corrected chi connectivity index (χ4v) is 3.63. The van der Waals surface area contributed by atoms with Gasteiger partial charge in [-0.15, -0.1) is 11.3 Å². The smallest absolute Gasteiger partial charge is 0.341 e. The van der Waals surface area contributed by atoms with Crippen LogP contribution in [0.3, 0.4) is 0 Å². The minimum absolute atomic E-state index is 0.0341. The van der Waals surface area contributed by atoms with Gasteiger partial charge in [0.1, 0.15) is 22.2 Å². The minimum Gasteiger partial charge on any atom is -0.462 e. The zero-order valence-electron chi connectivity index (χ0n) is 15.0. The third kappa shape index (κ3) is 4.61. The van der Waals surface area contributed by atoms with Gasteiger partial charge in [0.2, 0.25) is 5.91 Å². The number of hydrogen-bond donors (Lipinski definition) is 1. The minimum atomic E-state index is -0.569. The first-order valence-electron chi connectivity index (χ1n) is 8.56. The molecule has 1 heterocycles. The zero-order valence-corrected chi connectivity index (χ0v) is 15.8. The Balaban J connectivity index is 1.87. The summed E-state index contributed by atoms with van der Waals surface area (Å²) in [5.74, 6) is -1.68. The molecule has 4 nitrogen and oxygen atoms in total. The Morgan fingerprint density at radius 2 is 1.61 bits per heavy atom. The largest absolute Gasteiger partial charge is 0.462 e. The van der Waals surface area contributed by atoms with Gasteiger partial charge in [-0.2, -0.15) is 0 Å². The Kier molecular flexibility index (Phi) is 6.16. The van der Waals surface area contributed by atoms with Gasteiger partial charge in [0.15, 0.2) is 0 Å². The number of halogens is 2. The maximum absolute atomic E-state index is 13.2. The Hall–Kier alpha value is -3.06. The summed E-state index contributed by atoms with van der Waals surface area (Å²) in [6.45, 7) is 1.87. The molecule has 1 amide bonds. The summed E-state index contributed by atoms with van der Waals surface area (Å²) in [4.78, 5) is 24.9. The van der Waals surface area contributed by atoms with Crippen molar-refractivity contribution in [1.82, 2.24) is 0 Å². The first-order valence-corrected chi connectivity index (χ1v) is 9.44. The Bertz CT molecular complexity index is 982. The molecule has 1 aromatic heterocycles. The molecule has 0 bridgehead atoms. The summed E-state index contributed by atoms with van der Waals surface area (Å²) >= 11 is 1.18. The van der Waals surface area contributed by atoms with Crippen LogP contribution in [0.5, 0.6) is 0 Å². The second-order valence-corrected chi connectivity index (χ2v) is 6.81. The first kappa shape index (κ1) is 19.7. The highest BCUT2D eigenvalue weighted by molar-refractivity contribution is 7.15. The topological polar surface area (TPSA) is 55.4 Å². The Labute approximate surface area is 164 Å². The molecule has 28 heavy (non-hydrogen) atoms. The van der Waals surface area contributed by atoms with Crippen molar-refractivity contribution in [1.29, 1.82) is 0 Å². The second kappa shape index (κ2) is 8.75. The van der Waals surface area contributed by atoms with Crippen molar-refractivity contribution in [2.24, 2.45) is 0 Å². The molecule has 1 N–H and O–H groups in total. The molecule has 0 radical (unpaired) electrons. The Morgan fingerprint density at radius 1 is 1.00 bits per heavy atom. The van der Waals surface area contributed by atoms with E-state index in [2.05, 4.69) is 5.32 Å². The summed E-state index contributed by atoms with van der Waals surface area (Å²) in [5, 5.41) is 4.79. The van der Waals surface area contributed by atoms with Crippen LogP contribution in [0.2, 0.25) is 0 Å². The van der Waals surface area contributed by atoms with Crippen LogP contribution in [0, 0.1) is 11.6 Å². The summed E-state index contributed by atoms with van der Waals surface area (Å²) in [6.07, 6.45) is 0.0341. The van der Waals surface area contributed by atoms with Gasteiger partial charge >= 0.3 is 5.97 Å². The number of hydrogen-bond acceptors (Lipinski definition) is 4. The van der Waals surface area contributed by atoms with Crippen molar-refractivity contribution in [3.05, 3.63) is 76.7 Å². The average Bonchev–Trinajstić information content (AvgIpc) is 3.08. The number of esters is 1. The maximum Gasteiger partial charge on any atom is 0.341 e. The lowest BCUT2D eigenvalue weighted by Gasteiger charge is -2.09. The van der Waals surface area contributed by atoms with Crippen molar-refractivity contribution < 1.29 is 23.1 Å². The van der Waals surface area contributed by atoms with E-state index in [9.17, 15) is 18.4 Å². The second-order valence-electron chi connectivity index (χ2n) is 5.93. The fourth-order valence-electron chi connectivity index (χ4n) is 2.66. The van der Waals surface area contributed by atoms with Gasteiger partial charge in [-0.25, -0.2) is 13.6 Å².